The van der Waals surface area contributed by atoms with Crippen LogP contribution < -0.4 is 15.6 Å². The van der Waals surface area contributed by atoms with E-state index in [0.29, 0.717) is 18.5 Å². The van der Waals surface area contributed by atoms with E-state index in [4.69, 9.17) is 4.74 Å². The first kappa shape index (κ1) is 16.7. The number of ether oxygens (including phenoxy) is 1. The maximum absolute atomic E-state index is 13.4. The van der Waals surface area contributed by atoms with Gasteiger partial charge in [-0.15, -0.1) is 0 Å². The van der Waals surface area contributed by atoms with Crippen molar-refractivity contribution in [1.82, 2.24) is 10.3 Å². The summed E-state index contributed by atoms with van der Waals surface area (Å²) >= 11 is 0. The molecule has 25 heavy (non-hydrogen) atoms. The lowest BCUT2D eigenvalue weighted by Crippen LogP contribution is -2.30. The number of hydrogen-bond donors (Lipinski definition) is 2. The number of halogens is 1. The molecular formula is C19H17FN2O3. The number of aromatic nitrogens is 1. The van der Waals surface area contributed by atoms with Gasteiger partial charge >= 0.3 is 0 Å². The zero-order valence-corrected chi connectivity index (χ0v) is 13.4. The lowest BCUT2D eigenvalue weighted by Gasteiger charge is -2.08. The van der Waals surface area contributed by atoms with Crippen molar-refractivity contribution < 1.29 is 13.9 Å². The largest absolute Gasteiger partial charge is 0.490 e. The smallest absolute Gasteiger partial charge is 0.261 e. The molecule has 6 heteroatoms. The molecule has 128 valence electrons. The van der Waals surface area contributed by atoms with Gasteiger partial charge in [-0.2, -0.15) is 0 Å². The number of fused-ring (bicyclic) bond motifs is 1. The average molecular weight is 340 g/mol. The molecule has 0 saturated carbocycles. The molecule has 0 radical (unpaired) electrons. The number of amides is 1. The van der Waals surface area contributed by atoms with Crippen molar-refractivity contribution in [2.45, 2.75) is 6.42 Å². The van der Waals surface area contributed by atoms with Crippen LogP contribution in [0.1, 0.15) is 16.8 Å². The van der Waals surface area contributed by atoms with Crippen LogP contribution in [0.15, 0.2) is 59.4 Å². The lowest BCUT2D eigenvalue weighted by atomic mass is 10.1. The van der Waals surface area contributed by atoms with Crippen molar-refractivity contribution in [3.8, 4) is 5.75 Å². The number of nitrogens with one attached hydrogen (secondary N) is 2. The van der Waals surface area contributed by atoms with Crippen molar-refractivity contribution in [3.05, 3.63) is 76.3 Å². The summed E-state index contributed by atoms with van der Waals surface area (Å²) < 4.78 is 18.7. The Hall–Kier alpha value is -3.15. The van der Waals surface area contributed by atoms with Crippen LogP contribution in [-0.2, 0) is 0 Å². The van der Waals surface area contributed by atoms with Crippen LogP contribution >= 0.6 is 0 Å². The van der Waals surface area contributed by atoms with Crippen molar-refractivity contribution in [2.75, 3.05) is 13.2 Å². The quantitative estimate of drug-likeness (QED) is 0.678. The van der Waals surface area contributed by atoms with E-state index in [9.17, 15) is 14.0 Å². The average Bonchev–Trinajstić information content (AvgIpc) is 2.62. The van der Waals surface area contributed by atoms with Crippen LogP contribution in [0.2, 0.25) is 0 Å². The van der Waals surface area contributed by atoms with Crippen LogP contribution in [0.4, 0.5) is 4.39 Å². The molecule has 2 aromatic carbocycles. The maximum Gasteiger partial charge on any atom is 0.261 e. The van der Waals surface area contributed by atoms with Gasteiger partial charge in [0, 0.05) is 12.1 Å². The Morgan fingerprint density at radius 2 is 1.88 bits per heavy atom. The predicted molar refractivity (Wildman–Crippen MR) is 93.4 cm³/mol. The number of hydrogen-bond acceptors (Lipinski definition) is 3. The summed E-state index contributed by atoms with van der Waals surface area (Å²) in [4.78, 5) is 26.9. The summed E-state index contributed by atoms with van der Waals surface area (Å²) in [7, 11) is 0. The number of carbonyl (C=O) groups excluding carboxylic acids is 1. The minimum atomic E-state index is -0.446. The summed E-state index contributed by atoms with van der Waals surface area (Å²) in [5, 5.41) is 3.46. The molecule has 3 aromatic rings. The predicted octanol–water partition coefficient (Wildman–Crippen LogP) is 2.87. The first-order valence-electron chi connectivity index (χ1n) is 7.93. The van der Waals surface area contributed by atoms with E-state index >= 15 is 0 Å². The zero-order valence-electron chi connectivity index (χ0n) is 13.4. The molecule has 0 saturated heterocycles. The molecule has 5 nitrogen and oxygen atoms in total. The molecule has 0 atom stereocenters. The highest BCUT2D eigenvalue weighted by atomic mass is 19.1. The Kier molecular flexibility index (Phi) is 5.09. The highest BCUT2D eigenvalue weighted by Crippen LogP contribution is 2.15. The van der Waals surface area contributed by atoms with E-state index < -0.39 is 17.3 Å². The Bertz CT molecular complexity index is 953. The van der Waals surface area contributed by atoms with Gasteiger partial charge in [-0.3, -0.25) is 9.59 Å². The number of pyridine rings is 1. The van der Waals surface area contributed by atoms with Gasteiger partial charge in [0.25, 0.3) is 11.5 Å². The molecule has 1 heterocycles. The number of aromatic amines is 1. The van der Waals surface area contributed by atoms with Gasteiger partial charge in [0.15, 0.2) is 11.6 Å². The molecular weight excluding hydrogens is 323 g/mol. The summed E-state index contributed by atoms with van der Waals surface area (Å²) in [6.07, 6.45) is 0.492. The molecule has 3 rings (SSSR count). The highest BCUT2D eigenvalue weighted by molar-refractivity contribution is 5.97. The van der Waals surface area contributed by atoms with Crippen LogP contribution in [0.5, 0.6) is 5.75 Å². The van der Waals surface area contributed by atoms with E-state index in [1.807, 2.05) is 18.2 Å². The summed E-state index contributed by atoms with van der Waals surface area (Å²) in [6, 6.07) is 15.0. The zero-order chi connectivity index (χ0) is 17.6. The monoisotopic (exact) mass is 340 g/mol. The SMILES string of the molecule is O=C(NCCCOc1ccccc1F)c1cc2ccccc2[nH]c1=O. The molecule has 0 aliphatic heterocycles. The van der Waals surface area contributed by atoms with Gasteiger partial charge in [0.1, 0.15) is 5.56 Å². The van der Waals surface area contributed by atoms with E-state index in [-0.39, 0.29) is 17.9 Å². The number of H-pyrrole nitrogens is 1. The van der Waals surface area contributed by atoms with Gasteiger partial charge in [0.05, 0.1) is 6.61 Å². The van der Waals surface area contributed by atoms with Crippen molar-refractivity contribution in [2.24, 2.45) is 0 Å². The van der Waals surface area contributed by atoms with Gasteiger partial charge < -0.3 is 15.0 Å². The fraction of sp³-hybridized carbons (Fsp3) is 0.158. The second-order valence-corrected chi connectivity index (χ2v) is 5.49. The molecule has 0 aliphatic carbocycles. The molecule has 0 spiro atoms. The third kappa shape index (κ3) is 4.03. The van der Waals surface area contributed by atoms with E-state index in [1.54, 1.807) is 30.3 Å². The fourth-order valence-corrected chi connectivity index (χ4v) is 2.43. The second kappa shape index (κ2) is 7.61. The van der Waals surface area contributed by atoms with Gasteiger partial charge in [-0.25, -0.2) is 4.39 Å². The maximum atomic E-state index is 13.4. The molecule has 0 fully saturated rings. The Labute approximate surface area is 143 Å². The van der Waals surface area contributed by atoms with E-state index in [0.717, 1.165) is 5.39 Å². The van der Waals surface area contributed by atoms with Crippen LogP contribution in [0.3, 0.4) is 0 Å². The Morgan fingerprint density at radius 1 is 1.12 bits per heavy atom. The number of rotatable bonds is 6. The third-order valence-electron chi connectivity index (χ3n) is 3.70. The second-order valence-electron chi connectivity index (χ2n) is 5.49. The summed E-state index contributed by atoms with van der Waals surface area (Å²) in [6.45, 7) is 0.578. The molecule has 1 aromatic heterocycles. The Balaban J connectivity index is 1.54. The summed E-state index contributed by atoms with van der Waals surface area (Å²) in [5.41, 5.74) is 0.315. The number of para-hydroxylation sites is 2. The Morgan fingerprint density at radius 3 is 2.72 bits per heavy atom. The van der Waals surface area contributed by atoms with E-state index in [1.165, 1.54) is 6.07 Å². The highest BCUT2D eigenvalue weighted by Gasteiger charge is 2.11. The topological polar surface area (TPSA) is 71.2 Å². The fourth-order valence-electron chi connectivity index (χ4n) is 2.43. The first-order valence-corrected chi connectivity index (χ1v) is 7.93. The molecule has 2 N–H and O–H groups in total. The van der Waals surface area contributed by atoms with Crippen LogP contribution in [-0.4, -0.2) is 24.0 Å². The van der Waals surface area contributed by atoms with Gasteiger partial charge in [0.2, 0.25) is 0 Å². The minimum Gasteiger partial charge on any atom is -0.490 e. The minimum absolute atomic E-state index is 0.0636. The standard InChI is InChI=1S/C19H17FN2O3/c20-15-7-2-4-9-17(15)25-11-5-10-21-18(23)14-12-13-6-1-3-8-16(13)22-19(14)24/h1-4,6-9,12H,5,10-11H2,(H,21,23)(H,22,24). The lowest BCUT2D eigenvalue weighted by molar-refractivity contribution is 0.0950. The van der Waals surface area contributed by atoms with Crippen molar-refractivity contribution >= 4 is 16.8 Å². The van der Waals surface area contributed by atoms with Crippen LogP contribution in [0.25, 0.3) is 10.9 Å². The molecule has 0 aliphatic rings. The first-order chi connectivity index (χ1) is 12.1. The summed E-state index contributed by atoms with van der Waals surface area (Å²) in [5.74, 6) is -0.688. The number of benzene rings is 2. The third-order valence-corrected chi connectivity index (χ3v) is 3.70. The molecule has 0 bridgehead atoms. The van der Waals surface area contributed by atoms with Gasteiger partial charge in [-0.1, -0.05) is 30.3 Å². The molecule has 0 unspecified atom stereocenters. The van der Waals surface area contributed by atoms with Crippen molar-refractivity contribution in [1.29, 1.82) is 0 Å². The van der Waals surface area contributed by atoms with Crippen LogP contribution in [0, 0.1) is 5.82 Å². The normalized spacial score (nSPS) is 10.6. The van der Waals surface area contributed by atoms with Gasteiger partial charge in [-0.05, 0) is 36.1 Å². The molecule has 1 amide bonds. The number of carbonyl (C=O) groups is 1. The van der Waals surface area contributed by atoms with Crippen molar-refractivity contribution in [3.63, 3.8) is 0 Å². The van der Waals surface area contributed by atoms with E-state index in [2.05, 4.69) is 10.3 Å².